The largest absolute Gasteiger partial charge is 0.306 e. The van der Waals surface area contributed by atoms with Gasteiger partial charge in [0.1, 0.15) is 0 Å². The fourth-order valence-corrected chi connectivity index (χ4v) is 3.20. The molecule has 1 amide bonds. The van der Waals surface area contributed by atoms with Crippen molar-refractivity contribution in [3.8, 4) is 11.3 Å². The molecule has 1 aromatic heterocycles. The molecule has 0 aliphatic carbocycles. The molecule has 0 radical (unpaired) electrons. The van der Waals surface area contributed by atoms with Gasteiger partial charge in [-0.3, -0.25) is 4.79 Å². The first-order valence-corrected chi connectivity index (χ1v) is 8.23. The fourth-order valence-electron chi connectivity index (χ4n) is 2.48. The van der Waals surface area contributed by atoms with Crippen LogP contribution in [0.4, 0.5) is 5.13 Å². The van der Waals surface area contributed by atoms with E-state index in [-0.39, 0.29) is 24.4 Å². The molecule has 1 aromatic carbocycles. The third kappa shape index (κ3) is 3.85. The van der Waals surface area contributed by atoms with Crippen molar-refractivity contribution in [3.05, 3.63) is 35.2 Å². The van der Waals surface area contributed by atoms with Crippen molar-refractivity contribution in [1.29, 1.82) is 0 Å². The molecule has 0 bridgehead atoms. The van der Waals surface area contributed by atoms with Crippen LogP contribution in [0.25, 0.3) is 11.3 Å². The van der Waals surface area contributed by atoms with Crippen LogP contribution in [0.3, 0.4) is 0 Å². The minimum absolute atomic E-state index is 0. The third-order valence-corrected chi connectivity index (χ3v) is 4.53. The van der Waals surface area contributed by atoms with E-state index in [1.807, 2.05) is 5.38 Å². The molecule has 2 N–H and O–H groups in total. The Morgan fingerprint density at radius 3 is 2.82 bits per heavy atom. The minimum Gasteiger partial charge on any atom is -0.306 e. The van der Waals surface area contributed by atoms with Crippen molar-refractivity contribution < 1.29 is 4.79 Å². The lowest BCUT2D eigenvalue weighted by molar-refractivity contribution is -0.117. The minimum atomic E-state index is -0.0683. The summed E-state index contributed by atoms with van der Waals surface area (Å²) in [6, 6.07) is 8.34. The molecule has 1 aliphatic heterocycles. The summed E-state index contributed by atoms with van der Waals surface area (Å²) in [7, 11) is 0. The Balaban J connectivity index is 0.00000176. The van der Waals surface area contributed by atoms with Crippen LogP contribution < -0.4 is 10.6 Å². The number of benzene rings is 1. The quantitative estimate of drug-likeness (QED) is 0.898. The number of hydrogen-bond donors (Lipinski definition) is 2. The molecule has 0 spiro atoms. The molecule has 3 rings (SSSR count). The SMILES string of the molecule is CCc1ccc(-c2csc(NC(=O)C3CCCN3)n2)cc1.Cl. The van der Waals surface area contributed by atoms with E-state index < -0.39 is 0 Å². The molecule has 22 heavy (non-hydrogen) atoms. The van der Waals surface area contributed by atoms with Crippen molar-refractivity contribution in [2.24, 2.45) is 0 Å². The number of aromatic nitrogens is 1. The van der Waals surface area contributed by atoms with Crippen LogP contribution in [0.1, 0.15) is 25.3 Å². The molecule has 1 unspecified atom stereocenters. The van der Waals surface area contributed by atoms with Gasteiger partial charge >= 0.3 is 0 Å². The van der Waals surface area contributed by atoms with Crippen LogP contribution in [0.2, 0.25) is 0 Å². The molecule has 0 saturated carbocycles. The lowest BCUT2D eigenvalue weighted by Gasteiger charge is -2.08. The summed E-state index contributed by atoms with van der Waals surface area (Å²) in [5.74, 6) is 0.0229. The average molecular weight is 338 g/mol. The van der Waals surface area contributed by atoms with Crippen molar-refractivity contribution in [3.63, 3.8) is 0 Å². The molecule has 118 valence electrons. The number of hydrogen-bond acceptors (Lipinski definition) is 4. The zero-order valence-corrected chi connectivity index (χ0v) is 14.1. The number of thiazole rings is 1. The Bertz CT molecular complexity index is 621. The number of carbonyl (C=O) groups excluding carboxylic acids is 1. The predicted molar refractivity (Wildman–Crippen MR) is 93.8 cm³/mol. The monoisotopic (exact) mass is 337 g/mol. The maximum absolute atomic E-state index is 12.0. The van der Waals surface area contributed by atoms with Crippen LogP contribution in [-0.4, -0.2) is 23.5 Å². The first kappa shape index (κ1) is 16.9. The van der Waals surface area contributed by atoms with Gasteiger partial charge in [0.05, 0.1) is 11.7 Å². The summed E-state index contributed by atoms with van der Waals surface area (Å²) in [5, 5.41) is 8.75. The number of nitrogens with zero attached hydrogens (tertiary/aromatic N) is 1. The van der Waals surface area contributed by atoms with E-state index in [0.717, 1.165) is 37.1 Å². The number of carbonyl (C=O) groups is 1. The van der Waals surface area contributed by atoms with Crippen molar-refractivity contribution in [1.82, 2.24) is 10.3 Å². The van der Waals surface area contributed by atoms with Crippen LogP contribution >= 0.6 is 23.7 Å². The summed E-state index contributed by atoms with van der Waals surface area (Å²) >= 11 is 1.47. The lowest BCUT2D eigenvalue weighted by Crippen LogP contribution is -2.35. The summed E-state index contributed by atoms with van der Waals surface area (Å²) in [5.41, 5.74) is 3.31. The van der Waals surface area contributed by atoms with Gasteiger partial charge in [-0.15, -0.1) is 23.7 Å². The molecular weight excluding hydrogens is 318 g/mol. The number of anilines is 1. The Morgan fingerprint density at radius 1 is 1.41 bits per heavy atom. The van der Waals surface area contributed by atoms with Crippen molar-refractivity contribution in [2.45, 2.75) is 32.2 Å². The highest BCUT2D eigenvalue weighted by Gasteiger charge is 2.22. The highest BCUT2D eigenvalue weighted by Crippen LogP contribution is 2.25. The van der Waals surface area contributed by atoms with Crippen LogP contribution in [0.15, 0.2) is 29.6 Å². The van der Waals surface area contributed by atoms with Crippen molar-refractivity contribution >= 4 is 34.8 Å². The number of amides is 1. The van der Waals surface area contributed by atoms with Gasteiger partial charge in [-0.2, -0.15) is 0 Å². The predicted octanol–water partition coefficient (Wildman–Crippen LogP) is 3.48. The first-order chi connectivity index (χ1) is 10.3. The highest BCUT2D eigenvalue weighted by atomic mass is 35.5. The van der Waals surface area contributed by atoms with E-state index in [4.69, 9.17) is 0 Å². The van der Waals surface area contributed by atoms with Gasteiger partial charge in [-0.1, -0.05) is 31.2 Å². The van der Waals surface area contributed by atoms with Gasteiger partial charge in [0, 0.05) is 10.9 Å². The molecule has 1 saturated heterocycles. The second-order valence-corrected chi connectivity index (χ2v) is 6.08. The Morgan fingerprint density at radius 2 is 2.18 bits per heavy atom. The van der Waals surface area contributed by atoms with Gasteiger partial charge in [-0.25, -0.2) is 4.98 Å². The zero-order chi connectivity index (χ0) is 14.7. The number of aryl methyl sites for hydroxylation is 1. The van der Waals surface area contributed by atoms with Gasteiger partial charge in [0.2, 0.25) is 5.91 Å². The maximum atomic E-state index is 12.0. The van der Waals surface area contributed by atoms with E-state index in [1.54, 1.807) is 0 Å². The van der Waals surface area contributed by atoms with Gasteiger partial charge in [-0.05, 0) is 31.4 Å². The Labute approximate surface area is 140 Å². The van der Waals surface area contributed by atoms with Crippen LogP contribution in [0.5, 0.6) is 0 Å². The molecule has 1 atom stereocenters. The van der Waals surface area contributed by atoms with Gasteiger partial charge < -0.3 is 10.6 Å². The molecule has 1 aliphatic rings. The smallest absolute Gasteiger partial charge is 0.243 e. The third-order valence-electron chi connectivity index (χ3n) is 3.77. The fraction of sp³-hybridized carbons (Fsp3) is 0.375. The number of nitrogens with one attached hydrogen (secondary N) is 2. The summed E-state index contributed by atoms with van der Waals surface area (Å²) < 4.78 is 0. The maximum Gasteiger partial charge on any atom is 0.243 e. The van der Waals surface area contributed by atoms with E-state index in [0.29, 0.717) is 5.13 Å². The summed E-state index contributed by atoms with van der Waals surface area (Å²) in [6.07, 6.45) is 3.00. The molecule has 6 heteroatoms. The number of rotatable bonds is 4. The Hall–Kier alpha value is -1.43. The Kier molecular flexibility index (Phi) is 5.94. The standard InChI is InChI=1S/C16H19N3OS.ClH/c1-2-11-5-7-12(8-6-11)14-10-21-16(18-14)19-15(20)13-4-3-9-17-13;/h5-8,10,13,17H,2-4,9H2,1H3,(H,18,19,20);1H. The highest BCUT2D eigenvalue weighted by molar-refractivity contribution is 7.14. The molecule has 2 aromatic rings. The van der Waals surface area contributed by atoms with Crippen LogP contribution in [-0.2, 0) is 11.2 Å². The summed E-state index contributed by atoms with van der Waals surface area (Å²) in [6.45, 7) is 3.06. The average Bonchev–Trinajstić information content (AvgIpc) is 3.19. The van der Waals surface area contributed by atoms with E-state index >= 15 is 0 Å². The second kappa shape index (κ2) is 7.72. The normalized spacial score (nSPS) is 17.0. The molecule has 2 heterocycles. The van der Waals surface area contributed by atoms with Crippen molar-refractivity contribution in [2.75, 3.05) is 11.9 Å². The lowest BCUT2D eigenvalue weighted by atomic mass is 10.1. The van der Waals surface area contributed by atoms with E-state index in [1.165, 1.54) is 16.9 Å². The second-order valence-electron chi connectivity index (χ2n) is 5.23. The van der Waals surface area contributed by atoms with Crippen LogP contribution in [0, 0.1) is 0 Å². The van der Waals surface area contributed by atoms with E-state index in [9.17, 15) is 4.79 Å². The summed E-state index contributed by atoms with van der Waals surface area (Å²) in [4.78, 5) is 16.5. The zero-order valence-electron chi connectivity index (χ0n) is 12.5. The topological polar surface area (TPSA) is 54.0 Å². The molecular formula is C16H20ClN3OS. The number of halogens is 1. The molecule has 1 fully saturated rings. The van der Waals surface area contributed by atoms with Gasteiger partial charge in [0.15, 0.2) is 5.13 Å². The van der Waals surface area contributed by atoms with E-state index in [2.05, 4.69) is 46.8 Å². The first-order valence-electron chi connectivity index (χ1n) is 7.35. The molecule has 4 nitrogen and oxygen atoms in total. The van der Waals surface area contributed by atoms with Gasteiger partial charge in [0.25, 0.3) is 0 Å².